The van der Waals surface area contributed by atoms with Crippen molar-refractivity contribution in [3.8, 4) is 5.75 Å². The van der Waals surface area contributed by atoms with E-state index in [2.05, 4.69) is 32.6 Å². The van der Waals surface area contributed by atoms with Gasteiger partial charge in [0.2, 0.25) is 15.9 Å². The monoisotopic (exact) mass is 799 g/mol. The molecule has 3 N–H and O–H groups in total. The summed E-state index contributed by atoms with van der Waals surface area (Å²) in [5, 5.41) is 12.7. The maximum absolute atomic E-state index is 14.5. The van der Waals surface area contributed by atoms with Crippen molar-refractivity contribution in [2.24, 2.45) is 0 Å². The van der Waals surface area contributed by atoms with Crippen LogP contribution in [0, 0.1) is 0 Å². The molecule has 0 saturated heterocycles. The number of sulfonamides is 1. The average Bonchev–Trinajstić information content (AvgIpc) is 3.00. The fourth-order valence-corrected chi connectivity index (χ4v) is 8.37. The van der Waals surface area contributed by atoms with E-state index in [-0.39, 0.29) is 16.8 Å². The SMILES string of the molecule is CS(=O)(=O)N[C@H]1CCCC[C@@H]1N1C(=O)c2ccccc2[C@@H](C(=O)NC(I)c2cccc(OCC(=O)O)c2)[C@@H]1c1ccc(Cl)cc1Cl. The Morgan fingerprint density at radius 3 is 2.50 bits per heavy atom. The molecule has 3 aromatic rings. The number of ether oxygens (including phenoxy) is 1. The number of carboxylic acids is 1. The first-order chi connectivity index (χ1) is 21.8. The van der Waals surface area contributed by atoms with Crippen LogP contribution in [0.2, 0.25) is 10.0 Å². The van der Waals surface area contributed by atoms with Gasteiger partial charge in [-0.05, 0) is 59.9 Å². The molecule has 1 aliphatic heterocycles. The third-order valence-corrected chi connectivity index (χ3v) is 10.5. The lowest BCUT2D eigenvalue weighted by Gasteiger charge is -2.49. The average molecular weight is 800 g/mol. The predicted octanol–water partition coefficient (Wildman–Crippen LogP) is 5.85. The minimum Gasteiger partial charge on any atom is -0.482 e. The van der Waals surface area contributed by atoms with Crippen molar-refractivity contribution in [3.63, 3.8) is 0 Å². The van der Waals surface area contributed by atoms with Crippen molar-refractivity contribution >= 4 is 73.6 Å². The van der Waals surface area contributed by atoms with Crippen molar-refractivity contribution in [1.29, 1.82) is 0 Å². The summed E-state index contributed by atoms with van der Waals surface area (Å²) < 4.78 is 32.4. The third-order valence-electron chi connectivity index (χ3n) is 8.17. The van der Waals surface area contributed by atoms with E-state index in [1.54, 1.807) is 71.6 Å². The van der Waals surface area contributed by atoms with Gasteiger partial charge in [0.15, 0.2) is 6.61 Å². The molecule has 5 rings (SSSR count). The van der Waals surface area contributed by atoms with E-state index < -0.39 is 50.7 Å². The molecule has 2 aliphatic rings. The van der Waals surface area contributed by atoms with Gasteiger partial charge in [-0.3, -0.25) is 9.59 Å². The number of aliphatic carboxylic acids is 1. The number of carbonyl (C=O) groups excluding carboxylic acids is 2. The molecule has 1 heterocycles. The molecule has 14 heteroatoms. The summed E-state index contributed by atoms with van der Waals surface area (Å²) in [6.45, 7) is -0.510. The van der Waals surface area contributed by atoms with Crippen molar-refractivity contribution in [3.05, 3.63) is 99.0 Å². The first kappa shape index (κ1) is 34.4. The van der Waals surface area contributed by atoms with Crippen LogP contribution in [0.5, 0.6) is 5.75 Å². The molecule has 0 radical (unpaired) electrons. The first-order valence-electron chi connectivity index (χ1n) is 14.6. The Labute approximate surface area is 291 Å². The Bertz CT molecular complexity index is 1760. The zero-order valence-electron chi connectivity index (χ0n) is 24.7. The lowest BCUT2D eigenvalue weighted by atomic mass is 9.76. The maximum Gasteiger partial charge on any atom is 0.341 e. The van der Waals surface area contributed by atoms with E-state index in [1.807, 2.05) is 0 Å². The molecule has 10 nitrogen and oxygen atoms in total. The largest absolute Gasteiger partial charge is 0.482 e. The predicted molar refractivity (Wildman–Crippen MR) is 183 cm³/mol. The van der Waals surface area contributed by atoms with Crippen LogP contribution in [0.25, 0.3) is 0 Å². The molecule has 1 aliphatic carbocycles. The number of fused-ring (bicyclic) bond motifs is 1. The van der Waals surface area contributed by atoms with Crippen LogP contribution in [0.15, 0.2) is 66.7 Å². The molecule has 3 aromatic carbocycles. The van der Waals surface area contributed by atoms with Gasteiger partial charge in [0.05, 0.1) is 18.2 Å². The Kier molecular flexibility index (Phi) is 10.8. The van der Waals surface area contributed by atoms with Gasteiger partial charge in [-0.15, -0.1) is 0 Å². The van der Waals surface area contributed by atoms with Gasteiger partial charge < -0.3 is 20.1 Å². The van der Waals surface area contributed by atoms with Crippen molar-refractivity contribution in [2.75, 3.05) is 12.9 Å². The van der Waals surface area contributed by atoms with E-state index in [4.69, 9.17) is 33.0 Å². The first-order valence-corrected chi connectivity index (χ1v) is 18.5. The lowest BCUT2D eigenvalue weighted by molar-refractivity contribution is -0.139. The highest BCUT2D eigenvalue weighted by Crippen LogP contribution is 2.48. The van der Waals surface area contributed by atoms with Gasteiger partial charge >= 0.3 is 5.97 Å². The van der Waals surface area contributed by atoms with Crippen LogP contribution in [0.4, 0.5) is 0 Å². The normalized spacial score (nSPS) is 22.1. The standard InChI is InChI=1S/C32H32Cl2IN3O7S/c1-46(43,44)37-25-11-4-5-12-26(25)38-29(23-14-13-19(33)16-24(23)34)28(21-9-2-3-10-22(21)32(38)42)31(41)36-30(35)18-7-6-8-20(15-18)45-17-27(39)40/h2-3,6-10,13-16,25-26,28-30,37H,4-5,11-12,17H2,1H3,(H,36,41)(H,39,40)/t25-,26-,28+,29-,30?/m0/s1. The van der Waals surface area contributed by atoms with Crippen LogP contribution in [0.1, 0.15) is 68.7 Å². The molecular weight excluding hydrogens is 768 g/mol. The molecular formula is C32H32Cl2IN3O7S. The van der Waals surface area contributed by atoms with Crippen molar-refractivity contribution in [1.82, 2.24) is 14.9 Å². The second kappa shape index (κ2) is 14.5. The van der Waals surface area contributed by atoms with E-state index in [0.29, 0.717) is 45.9 Å². The smallest absolute Gasteiger partial charge is 0.341 e. The minimum absolute atomic E-state index is 0.269. The third kappa shape index (κ3) is 7.79. The molecule has 0 aromatic heterocycles. The lowest BCUT2D eigenvalue weighted by Crippen LogP contribution is -2.59. The summed E-state index contributed by atoms with van der Waals surface area (Å²) in [6, 6.07) is 16.6. The summed E-state index contributed by atoms with van der Waals surface area (Å²) in [6.07, 6.45) is 3.70. The Morgan fingerprint density at radius 1 is 1.04 bits per heavy atom. The fraction of sp³-hybridized carbons (Fsp3) is 0.344. The highest BCUT2D eigenvalue weighted by molar-refractivity contribution is 14.1. The number of hydrogen-bond donors (Lipinski definition) is 3. The summed E-state index contributed by atoms with van der Waals surface area (Å²) in [5.41, 5.74) is 2.04. The number of amides is 2. The van der Waals surface area contributed by atoms with Gasteiger partial charge in [-0.25, -0.2) is 17.9 Å². The quantitative estimate of drug-likeness (QED) is 0.133. The van der Waals surface area contributed by atoms with Gasteiger partial charge in [-0.1, -0.05) is 95.0 Å². The Balaban J connectivity index is 1.60. The topological polar surface area (TPSA) is 142 Å². The Hall–Kier alpha value is -2.91. The summed E-state index contributed by atoms with van der Waals surface area (Å²) >= 11 is 15.1. The number of halogens is 3. The second-order valence-corrected chi connectivity index (χ2v) is 15.2. The van der Waals surface area contributed by atoms with Gasteiger partial charge in [0.25, 0.3) is 5.91 Å². The molecule has 0 bridgehead atoms. The summed E-state index contributed by atoms with van der Waals surface area (Å²) in [5.74, 6) is -2.42. The molecule has 5 atom stereocenters. The zero-order valence-corrected chi connectivity index (χ0v) is 29.1. The molecule has 1 fully saturated rings. The summed E-state index contributed by atoms with van der Waals surface area (Å²) in [4.78, 5) is 41.6. The van der Waals surface area contributed by atoms with E-state index in [0.717, 1.165) is 19.1 Å². The van der Waals surface area contributed by atoms with Crippen molar-refractivity contribution in [2.45, 2.75) is 53.8 Å². The molecule has 0 spiro atoms. The van der Waals surface area contributed by atoms with Gasteiger partial charge in [0.1, 0.15) is 9.80 Å². The fourth-order valence-electron chi connectivity index (χ4n) is 6.33. The molecule has 1 unspecified atom stereocenters. The number of nitrogens with one attached hydrogen (secondary N) is 2. The second-order valence-electron chi connectivity index (χ2n) is 11.4. The van der Waals surface area contributed by atoms with E-state index in [9.17, 15) is 22.8 Å². The molecule has 2 amide bonds. The van der Waals surface area contributed by atoms with E-state index in [1.165, 1.54) is 0 Å². The van der Waals surface area contributed by atoms with Crippen LogP contribution < -0.4 is 14.8 Å². The number of benzene rings is 3. The number of carboxylic acid groups (broad SMARTS) is 1. The van der Waals surface area contributed by atoms with Crippen LogP contribution >= 0.6 is 45.8 Å². The molecule has 1 saturated carbocycles. The minimum atomic E-state index is -3.61. The summed E-state index contributed by atoms with van der Waals surface area (Å²) in [7, 11) is -3.61. The van der Waals surface area contributed by atoms with Gasteiger partial charge in [0, 0.05) is 27.7 Å². The van der Waals surface area contributed by atoms with Crippen LogP contribution in [-0.2, 0) is 19.6 Å². The Morgan fingerprint density at radius 2 is 1.78 bits per heavy atom. The highest BCUT2D eigenvalue weighted by Gasteiger charge is 2.49. The van der Waals surface area contributed by atoms with Gasteiger partial charge in [-0.2, -0.15) is 0 Å². The zero-order chi connectivity index (χ0) is 33.2. The number of alkyl halides is 1. The number of hydrogen-bond acceptors (Lipinski definition) is 6. The number of rotatable bonds is 10. The van der Waals surface area contributed by atoms with E-state index >= 15 is 0 Å². The van der Waals surface area contributed by atoms with Crippen LogP contribution in [-0.4, -0.2) is 61.2 Å². The highest BCUT2D eigenvalue weighted by atomic mass is 127. The number of carbonyl (C=O) groups is 3. The molecule has 46 heavy (non-hydrogen) atoms. The van der Waals surface area contributed by atoms with Crippen molar-refractivity contribution < 1.29 is 32.6 Å². The van der Waals surface area contributed by atoms with Crippen LogP contribution in [0.3, 0.4) is 0 Å². The maximum atomic E-state index is 14.5. The molecule has 244 valence electrons. The number of nitrogens with zero attached hydrogens (tertiary/aromatic N) is 1.